The van der Waals surface area contributed by atoms with E-state index in [0.29, 0.717) is 11.3 Å². The van der Waals surface area contributed by atoms with Gasteiger partial charge in [-0.25, -0.2) is 4.39 Å². The van der Waals surface area contributed by atoms with E-state index in [1.165, 1.54) is 12.1 Å². The fourth-order valence-electron chi connectivity index (χ4n) is 2.03. The first kappa shape index (κ1) is 14.2. The van der Waals surface area contributed by atoms with Crippen molar-refractivity contribution in [3.63, 3.8) is 0 Å². The molecule has 1 amide bonds. The van der Waals surface area contributed by atoms with Gasteiger partial charge in [0.2, 0.25) is 0 Å². The number of amides is 1. The molecule has 2 aromatic carbocycles. The summed E-state index contributed by atoms with van der Waals surface area (Å²) >= 11 is 0. The fraction of sp³-hybridized carbons (Fsp3) is 0.188. The van der Waals surface area contributed by atoms with Crippen LogP contribution in [0.5, 0.6) is 0 Å². The second-order valence-corrected chi connectivity index (χ2v) is 4.70. The van der Waals surface area contributed by atoms with E-state index in [2.05, 4.69) is 10.6 Å². The van der Waals surface area contributed by atoms with Crippen LogP contribution in [0.25, 0.3) is 0 Å². The van der Waals surface area contributed by atoms with E-state index in [-0.39, 0.29) is 5.91 Å². The average molecular weight is 272 g/mol. The Morgan fingerprint density at radius 2 is 2.00 bits per heavy atom. The van der Waals surface area contributed by atoms with Gasteiger partial charge < -0.3 is 10.6 Å². The molecule has 0 heterocycles. The number of carbonyl (C=O) groups is 1. The van der Waals surface area contributed by atoms with Crippen LogP contribution in [0.15, 0.2) is 42.5 Å². The predicted octanol–water partition coefficient (Wildman–Crippen LogP) is 3.11. The third-order valence-corrected chi connectivity index (χ3v) is 2.87. The molecule has 0 bridgehead atoms. The monoisotopic (exact) mass is 272 g/mol. The Hall–Kier alpha value is -2.20. The standard InChI is InChI=1S/C16H17FN2O/c1-11-6-13(9-14(17)7-11)16(20)19-15-5-3-4-12(8-15)10-18-2/h3-9,18H,10H2,1-2H3,(H,19,20). The molecule has 0 unspecified atom stereocenters. The number of hydrogen-bond acceptors (Lipinski definition) is 2. The summed E-state index contributed by atoms with van der Waals surface area (Å²) in [5.41, 5.74) is 2.81. The van der Waals surface area contributed by atoms with Crippen LogP contribution in [0.2, 0.25) is 0 Å². The molecule has 0 fully saturated rings. The molecule has 2 aromatic rings. The van der Waals surface area contributed by atoms with E-state index in [0.717, 1.165) is 17.7 Å². The molecule has 0 aromatic heterocycles. The van der Waals surface area contributed by atoms with Gasteiger partial charge in [-0.2, -0.15) is 0 Å². The Labute approximate surface area is 117 Å². The zero-order valence-electron chi connectivity index (χ0n) is 11.5. The molecule has 20 heavy (non-hydrogen) atoms. The number of rotatable bonds is 4. The summed E-state index contributed by atoms with van der Waals surface area (Å²) in [6.07, 6.45) is 0. The Morgan fingerprint density at radius 1 is 1.20 bits per heavy atom. The Balaban J connectivity index is 2.16. The summed E-state index contributed by atoms with van der Waals surface area (Å²) in [4.78, 5) is 12.1. The van der Waals surface area contributed by atoms with Gasteiger partial charge in [0.1, 0.15) is 5.82 Å². The van der Waals surface area contributed by atoms with Gasteiger partial charge in [0, 0.05) is 17.8 Å². The lowest BCUT2D eigenvalue weighted by Gasteiger charge is -2.08. The van der Waals surface area contributed by atoms with Crippen LogP contribution in [0.4, 0.5) is 10.1 Å². The van der Waals surface area contributed by atoms with Crippen LogP contribution in [0.1, 0.15) is 21.5 Å². The summed E-state index contributed by atoms with van der Waals surface area (Å²) in [6, 6.07) is 11.8. The molecular formula is C16H17FN2O. The van der Waals surface area contributed by atoms with Crippen LogP contribution >= 0.6 is 0 Å². The summed E-state index contributed by atoms with van der Waals surface area (Å²) in [7, 11) is 1.86. The molecule has 0 atom stereocenters. The number of benzene rings is 2. The molecule has 0 aliphatic heterocycles. The van der Waals surface area contributed by atoms with Crippen molar-refractivity contribution in [3.05, 3.63) is 65.0 Å². The van der Waals surface area contributed by atoms with Gasteiger partial charge in [-0.1, -0.05) is 12.1 Å². The smallest absolute Gasteiger partial charge is 0.255 e. The van der Waals surface area contributed by atoms with Gasteiger partial charge in [-0.05, 0) is 55.4 Å². The van der Waals surface area contributed by atoms with E-state index < -0.39 is 5.82 Å². The summed E-state index contributed by atoms with van der Waals surface area (Å²) in [6.45, 7) is 2.48. The zero-order valence-corrected chi connectivity index (χ0v) is 11.5. The largest absolute Gasteiger partial charge is 0.322 e. The van der Waals surface area contributed by atoms with Crippen molar-refractivity contribution >= 4 is 11.6 Å². The van der Waals surface area contributed by atoms with Gasteiger partial charge >= 0.3 is 0 Å². The van der Waals surface area contributed by atoms with E-state index in [1.807, 2.05) is 31.3 Å². The average Bonchev–Trinajstić information content (AvgIpc) is 2.38. The lowest BCUT2D eigenvalue weighted by molar-refractivity contribution is 0.102. The quantitative estimate of drug-likeness (QED) is 0.898. The molecule has 104 valence electrons. The van der Waals surface area contributed by atoms with Gasteiger partial charge in [0.15, 0.2) is 0 Å². The lowest BCUT2D eigenvalue weighted by atomic mass is 10.1. The first-order valence-corrected chi connectivity index (χ1v) is 6.40. The second-order valence-electron chi connectivity index (χ2n) is 4.70. The molecule has 0 spiro atoms. The molecule has 2 rings (SSSR count). The zero-order chi connectivity index (χ0) is 14.5. The Morgan fingerprint density at radius 3 is 2.70 bits per heavy atom. The highest BCUT2D eigenvalue weighted by molar-refractivity contribution is 6.04. The number of hydrogen-bond donors (Lipinski definition) is 2. The van der Waals surface area contributed by atoms with Crippen LogP contribution < -0.4 is 10.6 Å². The third kappa shape index (κ3) is 3.65. The van der Waals surface area contributed by atoms with Crippen LogP contribution in [0, 0.1) is 12.7 Å². The number of halogens is 1. The molecule has 0 saturated carbocycles. The highest BCUT2D eigenvalue weighted by atomic mass is 19.1. The minimum Gasteiger partial charge on any atom is -0.322 e. The van der Waals surface area contributed by atoms with Crippen LogP contribution in [-0.4, -0.2) is 13.0 Å². The predicted molar refractivity (Wildman–Crippen MR) is 78.3 cm³/mol. The van der Waals surface area contributed by atoms with Crippen molar-refractivity contribution < 1.29 is 9.18 Å². The van der Waals surface area contributed by atoms with Gasteiger partial charge in [-0.3, -0.25) is 4.79 Å². The van der Waals surface area contributed by atoms with Gasteiger partial charge in [0.25, 0.3) is 5.91 Å². The number of aryl methyl sites for hydroxylation is 1. The van der Waals surface area contributed by atoms with E-state index in [4.69, 9.17) is 0 Å². The van der Waals surface area contributed by atoms with Crippen molar-refractivity contribution in [2.24, 2.45) is 0 Å². The molecule has 0 radical (unpaired) electrons. The van der Waals surface area contributed by atoms with Crippen molar-refractivity contribution in [1.82, 2.24) is 5.32 Å². The van der Waals surface area contributed by atoms with E-state index >= 15 is 0 Å². The first-order chi connectivity index (χ1) is 9.58. The van der Waals surface area contributed by atoms with Crippen molar-refractivity contribution in [2.45, 2.75) is 13.5 Å². The highest BCUT2D eigenvalue weighted by Gasteiger charge is 2.08. The fourth-order valence-corrected chi connectivity index (χ4v) is 2.03. The summed E-state index contributed by atoms with van der Waals surface area (Å²) in [5, 5.41) is 5.83. The maximum Gasteiger partial charge on any atom is 0.255 e. The lowest BCUT2D eigenvalue weighted by Crippen LogP contribution is -2.13. The minimum absolute atomic E-state index is 0.311. The minimum atomic E-state index is -0.404. The van der Waals surface area contributed by atoms with Crippen molar-refractivity contribution in [3.8, 4) is 0 Å². The van der Waals surface area contributed by atoms with Crippen molar-refractivity contribution in [1.29, 1.82) is 0 Å². The highest BCUT2D eigenvalue weighted by Crippen LogP contribution is 2.14. The molecule has 0 aliphatic carbocycles. The molecule has 0 aliphatic rings. The maximum absolute atomic E-state index is 13.3. The summed E-state index contributed by atoms with van der Waals surface area (Å²) in [5.74, 6) is -0.715. The van der Waals surface area contributed by atoms with E-state index in [1.54, 1.807) is 13.0 Å². The number of carbonyl (C=O) groups excluding carboxylic acids is 1. The molecule has 2 N–H and O–H groups in total. The molecule has 0 saturated heterocycles. The molecular weight excluding hydrogens is 255 g/mol. The number of anilines is 1. The first-order valence-electron chi connectivity index (χ1n) is 6.40. The SMILES string of the molecule is CNCc1cccc(NC(=O)c2cc(C)cc(F)c2)c1. The van der Waals surface area contributed by atoms with Gasteiger partial charge in [-0.15, -0.1) is 0 Å². The maximum atomic E-state index is 13.3. The second kappa shape index (κ2) is 6.30. The summed E-state index contributed by atoms with van der Waals surface area (Å²) < 4.78 is 13.3. The topological polar surface area (TPSA) is 41.1 Å². The number of nitrogens with one attached hydrogen (secondary N) is 2. The van der Waals surface area contributed by atoms with Crippen LogP contribution in [-0.2, 0) is 6.54 Å². The van der Waals surface area contributed by atoms with Crippen molar-refractivity contribution in [2.75, 3.05) is 12.4 Å². The van der Waals surface area contributed by atoms with Gasteiger partial charge in [0.05, 0.1) is 0 Å². The van der Waals surface area contributed by atoms with Crippen LogP contribution in [0.3, 0.4) is 0 Å². The molecule has 4 heteroatoms. The third-order valence-electron chi connectivity index (χ3n) is 2.87. The Bertz CT molecular complexity index is 605. The normalized spacial score (nSPS) is 10.3. The Kier molecular flexibility index (Phi) is 4.48. The molecule has 3 nitrogen and oxygen atoms in total. The van der Waals surface area contributed by atoms with E-state index in [9.17, 15) is 9.18 Å².